The zero-order valence-corrected chi connectivity index (χ0v) is 16.3. The molecule has 1 aliphatic rings. The number of hydrogen-bond acceptors (Lipinski definition) is 3. The van der Waals surface area contributed by atoms with Crippen LogP contribution >= 0.6 is 0 Å². The zero-order valence-electron chi connectivity index (χ0n) is 16.3. The normalized spacial score (nSPS) is 16.3. The first-order valence-electron chi connectivity index (χ1n) is 9.12. The molecule has 4 heteroatoms. The molecule has 0 aromatic heterocycles. The number of rotatable bonds is 6. The quantitative estimate of drug-likeness (QED) is 0.736. The third-order valence-electron chi connectivity index (χ3n) is 3.62. The van der Waals surface area contributed by atoms with Crippen LogP contribution in [0.3, 0.4) is 0 Å². The first-order valence-corrected chi connectivity index (χ1v) is 9.12. The van der Waals surface area contributed by atoms with E-state index < -0.39 is 5.97 Å². The molecule has 26 heavy (non-hydrogen) atoms. The Kier molecular flexibility index (Phi) is 9.13. The van der Waals surface area contributed by atoms with Crippen LogP contribution < -0.4 is 4.74 Å². The van der Waals surface area contributed by atoms with Crippen molar-refractivity contribution >= 4 is 11.7 Å². The maximum Gasteiger partial charge on any atom is 0.335 e. The van der Waals surface area contributed by atoms with Crippen molar-refractivity contribution in [3.8, 4) is 5.75 Å². The summed E-state index contributed by atoms with van der Waals surface area (Å²) in [4.78, 5) is 15.6. The van der Waals surface area contributed by atoms with Crippen molar-refractivity contribution in [2.24, 2.45) is 4.99 Å². The van der Waals surface area contributed by atoms with Crippen LogP contribution in [-0.4, -0.2) is 29.4 Å². The molecule has 140 valence electrons. The van der Waals surface area contributed by atoms with Gasteiger partial charge in [-0.05, 0) is 56.2 Å². The van der Waals surface area contributed by atoms with Crippen molar-refractivity contribution in [2.75, 3.05) is 6.61 Å². The number of carboxylic acid groups (broad SMARTS) is 1. The van der Waals surface area contributed by atoms with Gasteiger partial charge in [0.05, 0.1) is 11.3 Å². The molecule has 0 fully saturated rings. The molecule has 1 aromatic rings. The lowest BCUT2D eigenvalue weighted by Crippen LogP contribution is -2.11. The number of hydrogen-bond donors (Lipinski definition) is 1. The Labute approximate surface area is 156 Å². The maximum atomic E-state index is 10.9. The smallest absolute Gasteiger partial charge is 0.335 e. The Hall–Kier alpha value is -2.62. The molecule has 4 nitrogen and oxygen atoms in total. The van der Waals surface area contributed by atoms with E-state index in [1.54, 1.807) is 24.3 Å². The Balaban J connectivity index is 0.00000163. The van der Waals surface area contributed by atoms with Crippen molar-refractivity contribution in [1.82, 2.24) is 0 Å². The van der Waals surface area contributed by atoms with Crippen molar-refractivity contribution in [3.63, 3.8) is 0 Å². The number of nitrogens with zero attached hydrogens (tertiary/aromatic N) is 1. The average molecular weight is 355 g/mol. The summed E-state index contributed by atoms with van der Waals surface area (Å²) >= 11 is 0. The lowest BCUT2D eigenvalue weighted by molar-refractivity contribution is 0.0697. The highest BCUT2D eigenvalue weighted by molar-refractivity contribution is 6.12. The topological polar surface area (TPSA) is 58.9 Å². The van der Waals surface area contributed by atoms with E-state index in [2.05, 4.69) is 31.8 Å². The van der Waals surface area contributed by atoms with Gasteiger partial charge in [-0.3, -0.25) is 4.99 Å². The summed E-state index contributed by atoms with van der Waals surface area (Å²) in [6.07, 6.45) is 8.94. The Bertz CT molecular complexity index is 707. The van der Waals surface area contributed by atoms with Gasteiger partial charge < -0.3 is 9.84 Å². The molecule has 0 saturated carbocycles. The summed E-state index contributed by atoms with van der Waals surface area (Å²) in [5.41, 5.74) is 3.51. The Morgan fingerprint density at radius 3 is 2.27 bits per heavy atom. The maximum absolute atomic E-state index is 10.9. The number of aromatic carboxylic acids is 1. The van der Waals surface area contributed by atoms with Gasteiger partial charge in [-0.2, -0.15) is 0 Å². The summed E-state index contributed by atoms with van der Waals surface area (Å²) < 4.78 is 5.84. The highest BCUT2D eigenvalue weighted by Crippen LogP contribution is 2.20. The molecule has 0 saturated heterocycles. The molecule has 1 N–H and O–H groups in total. The van der Waals surface area contributed by atoms with Crippen molar-refractivity contribution < 1.29 is 14.6 Å². The average Bonchev–Trinajstić information content (AvgIpc) is 2.65. The van der Waals surface area contributed by atoms with E-state index in [4.69, 9.17) is 9.84 Å². The number of carboxylic acids is 1. The van der Waals surface area contributed by atoms with Gasteiger partial charge in [0.15, 0.2) is 0 Å². The second-order valence-corrected chi connectivity index (χ2v) is 5.82. The standard InChI is InChI=1S/C20H23NO3.C2H6/c1-4-15(18-7-5-6-8-19(18)21-14(2)3)13-24-17-11-9-16(10-12-17)20(22)23;1-2/h5-12,14H,4,13H2,1-3H3,(H,22,23);1-2H3/b18-15+,21-19?;. The summed E-state index contributed by atoms with van der Waals surface area (Å²) in [5, 5.41) is 8.93. The zero-order chi connectivity index (χ0) is 19.5. The molecular formula is C22H29NO3. The molecule has 0 spiro atoms. The fourth-order valence-electron chi connectivity index (χ4n) is 2.40. The molecule has 0 atom stereocenters. The minimum absolute atomic E-state index is 0.230. The summed E-state index contributed by atoms with van der Waals surface area (Å²) in [7, 11) is 0. The van der Waals surface area contributed by atoms with Gasteiger partial charge >= 0.3 is 5.97 Å². The molecular weight excluding hydrogens is 326 g/mol. The number of allylic oxidation sites excluding steroid dienone is 5. The van der Waals surface area contributed by atoms with Crippen LogP contribution in [0.2, 0.25) is 0 Å². The van der Waals surface area contributed by atoms with Gasteiger partial charge in [0.25, 0.3) is 0 Å². The first-order chi connectivity index (χ1) is 12.5. The van der Waals surface area contributed by atoms with Gasteiger partial charge in [0, 0.05) is 11.6 Å². The monoisotopic (exact) mass is 355 g/mol. The van der Waals surface area contributed by atoms with Crippen LogP contribution in [0.1, 0.15) is 51.4 Å². The second-order valence-electron chi connectivity index (χ2n) is 5.82. The van der Waals surface area contributed by atoms with Gasteiger partial charge in [-0.1, -0.05) is 39.0 Å². The fourth-order valence-corrected chi connectivity index (χ4v) is 2.40. The molecule has 0 amide bonds. The third-order valence-corrected chi connectivity index (χ3v) is 3.62. The lowest BCUT2D eigenvalue weighted by Gasteiger charge is -2.16. The number of ether oxygens (including phenoxy) is 1. The summed E-state index contributed by atoms with van der Waals surface area (Å²) in [6.45, 7) is 10.7. The lowest BCUT2D eigenvalue weighted by atomic mass is 9.97. The number of carbonyl (C=O) groups is 1. The van der Waals surface area contributed by atoms with Crippen LogP contribution in [0.5, 0.6) is 5.75 Å². The van der Waals surface area contributed by atoms with Gasteiger partial charge in [0.1, 0.15) is 12.4 Å². The van der Waals surface area contributed by atoms with E-state index in [0.717, 1.165) is 23.3 Å². The summed E-state index contributed by atoms with van der Waals surface area (Å²) in [6, 6.07) is 6.69. The van der Waals surface area contributed by atoms with Crippen LogP contribution in [0.25, 0.3) is 0 Å². The molecule has 1 aromatic carbocycles. The van der Waals surface area contributed by atoms with Crippen LogP contribution in [-0.2, 0) is 0 Å². The fraction of sp³-hybridized carbons (Fsp3) is 0.364. The summed E-state index contributed by atoms with van der Waals surface area (Å²) in [5.74, 6) is -0.282. The third kappa shape index (κ3) is 6.36. The molecule has 0 heterocycles. The number of aliphatic imine (C=N–C) groups is 1. The Morgan fingerprint density at radius 2 is 1.73 bits per heavy atom. The molecule has 2 rings (SSSR count). The van der Waals surface area contributed by atoms with Crippen molar-refractivity contribution in [2.45, 2.75) is 47.1 Å². The molecule has 0 radical (unpaired) electrons. The SMILES string of the molecule is CC.CC/C(COc1ccc(C(=O)O)cc1)=C1/C=CC=CC1=NC(C)C. The van der Waals surface area contributed by atoms with E-state index >= 15 is 0 Å². The van der Waals surface area contributed by atoms with E-state index in [1.807, 2.05) is 32.1 Å². The molecule has 0 unspecified atom stereocenters. The van der Waals surface area contributed by atoms with E-state index in [-0.39, 0.29) is 11.6 Å². The van der Waals surface area contributed by atoms with E-state index in [9.17, 15) is 4.79 Å². The van der Waals surface area contributed by atoms with Crippen molar-refractivity contribution in [3.05, 3.63) is 65.3 Å². The molecule has 0 bridgehead atoms. The predicted octanol–water partition coefficient (Wildman–Crippen LogP) is 5.47. The van der Waals surface area contributed by atoms with Crippen LogP contribution in [0.15, 0.2) is 64.7 Å². The van der Waals surface area contributed by atoms with Gasteiger partial charge in [-0.15, -0.1) is 0 Å². The number of benzene rings is 1. The minimum Gasteiger partial charge on any atom is -0.489 e. The van der Waals surface area contributed by atoms with Gasteiger partial charge in [0.2, 0.25) is 0 Å². The van der Waals surface area contributed by atoms with Crippen LogP contribution in [0, 0.1) is 0 Å². The highest BCUT2D eigenvalue weighted by Gasteiger charge is 2.11. The van der Waals surface area contributed by atoms with E-state index in [0.29, 0.717) is 12.4 Å². The van der Waals surface area contributed by atoms with E-state index in [1.165, 1.54) is 0 Å². The highest BCUT2D eigenvalue weighted by atomic mass is 16.5. The minimum atomic E-state index is -0.938. The van der Waals surface area contributed by atoms with Gasteiger partial charge in [-0.25, -0.2) is 4.79 Å². The Morgan fingerprint density at radius 1 is 1.12 bits per heavy atom. The predicted molar refractivity (Wildman–Crippen MR) is 108 cm³/mol. The molecule has 0 aliphatic heterocycles. The second kappa shape index (κ2) is 11.1. The van der Waals surface area contributed by atoms with Crippen molar-refractivity contribution in [1.29, 1.82) is 0 Å². The first kappa shape index (κ1) is 21.4. The molecule has 1 aliphatic carbocycles. The largest absolute Gasteiger partial charge is 0.489 e. The van der Waals surface area contributed by atoms with Crippen LogP contribution in [0.4, 0.5) is 0 Å².